The molecule has 0 saturated carbocycles. The third kappa shape index (κ3) is 11.5. The molecule has 51 heavy (non-hydrogen) atoms. The van der Waals surface area contributed by atoms with E-state index in [1.807, 2.05) is 24.3 Å². The van der Waals surface area contributed by atoms with Gasteiger partial charge in [-0.05, 0) is 113 Å². The standard InChI is InChI=1S/C45H62O4SSi/c1-36(2)19-17-20-37(3)21-18-22-38(4)33-42(50(46,47)41-23-11-8-12-24-41)34-39-29-30-40(48-35-39)31-32-49-51(45(5,6)7,43-25-13-9-14-26-43)44-27-15-10-16-28-44/h8-16,19,21,23-28,33,39-40,42H,17-18,20,22,29-32,34-35H2,1-7H3/b37-21+,38-33+/t39-,40+,42?/m0/s1. The lowest BCUT2D eigenvalue weighted by Crippen LogP contribution is -2.66. The minimum atomic E-state index is -3.54. The van der Waals surface area contributed by atoms with Gasteiger partial charge in [-0.3, -0.25) is 0 Å². The molecule has 1 aliphatic rings. The predicted molar refractivity (Wildman–Crippen MR) is 218 cm³/mol. The number of rotatable bonds is 17. The maximum atomic E-state index is 14.0. The Hall–Kier alpha value is -3.03. The Morgan fingerprint density at radius 2 is 1.35 bits per heavy atom. The second-order valence-corrected chi connectivity index (χ2v) is 22.2. The molecule has 1 unspecified atom stereocenters. The Labute approximate surface area is 311 Å². The Kier molecular flexibility index (Phi) is 15.3. The lowest BCUT2D eigenvalue weighted by atomic mass is 9.92. The van der Waals surface area contributed by atoms with E-state index < -0.39 is 23.4 Å². The molecule has 1 fully saturated rings. The topological polar surface area (TPSA) is 52.6 Å². The number of hydrogen-bond donors (Lipinski definition) is 0. The molecule has 1 aliphatic heterocycles. The summed E-state index contributed by atoms with van der Waals surface area (Å²) >= 11 is 0. The van der Waals surface area contributed by atoms with Gasteiger partial charge >= 0.3 is 0 Å². The maximum absolute atomic E-state index is 14.0. The van der Waals surface area contributed by atoms with E-state index in [2.05, 4.69) is 121 Å². The molecule has 1 heterocycles. The highest BCUT2D eigenvalue weighted by Gasteiger charge is 2.50. The van der Waals surface area contributed by atoms with Crippen molar-refractivity contribution >= 4 is 28.5 Å². The van der Waals surface area contributed by atoms with Crippen LogP contribution >= 0.6 is 0 Å². The first-order valence-corrected chi connectivity index (χ1v) is 22.4. The molecule has 3 atom stereocenters. The van der Waals surface area contributed by atoms with Gasteiger partial charge in [-0.15, -0.1) is 0 Å². The molecule has 0 aliphatic carbocycles. The Morgan fingerprint density at radius 3 is 1.88 bits per heavy atom. The van der Waals surface area contributed by atoms with Crippen molar-refractivity contribution in [2.45, 2.75) is 121 Å². The monoisotopic (exact) mass is 726 g/mol. The predicted octanol–water partition coefficient (Wildman–Crippen LogP) is 10.4. The molecule has 0 amide bonds. The number of sulfone groups is 1. The van der Waals surface area contributed by atoms with Gasteiger partial charge in [-0.2, -0.15) is 0 Å². The summed E-state index contributed by atoms with van der Waals surface area (Å²) in [7, 11) is -6.14. The van der Waals surface area contributed by atoms with Gasteiger partial charge in [0.15, 0.2) is 9.84 Å². The average Bonchev–Trinajstić information content (AvgIpc) is 3.11. The normalized spacial score (nSPS) is 18.3. The smallest absolute Gasteiger partial charge is 0.261 e. The number of benzene rings is 3. The molecule has 3 aromatic rings. The Bertz CT molecular complexity index is 1640. The summed E-state index contributed by atoms with van der Waals surface area (Å²) in [6.45, 7) is 16.7. The molecule has 4 nitrogen and oxygen atoms in total. The lowest BCUT2D eigenvalue weighted by Gasteiger charge is -2.43. The zero-order valence-corrected chi connectivity index (χ0v) is 34.1. The first-order chi connectivity index (χ1) is 24.3. The zero-order chi connectivity index (χ0) is 36.9. The second kappa shape index (κ2) is 19.2. The van der Waals surface area contributed by atoms with Crippen LogP contribution in [-0.2, 0) is 19.0 Å². The lowest BCUT2D eigenvalue weighted by molar-refractivity contribution is -0.0270. The van der Waals surface area contributed by atoms with E-state index in [0.29, 0.717) is 24.5 Å². The van der Waals surface area contributed by atoms with Crippen molar-refractivity contribution in [3.8, 4) is 0 Å². The van der Waals surface area contributed by atoms with Crippen molar-refractivity contribution in [1.29, 1.82) is 0 Å². The summed E-state index contributed by atoms with van der Waals surface area (Å²) in [6.07, 6.45) is 13.9. The van der Waals surface area contributed by atoms with Crippen molar-refractivity contribution in [3.05, 3.63) is 126 Å². The Balaban J connectivity index is 1.40. The van der Waals surface area contributed by atoms with Crippen LogP contribution in [0.2, 0.25) is 5.04 Å². The molecule has 3 aromatic carbocycles. The molecule has 276 valence electrons. The fourth-order valence-electron chi connectivity index (χ4n) is 7.41. The fraction of sp³-hybridized carbons (Fsp3) is 0.467. The van der Waals surface area contributed by atoms with E-state index in [1.165, 1.54) is 21.5 Å². The molecule has 4 rings (SSSR count). The van der Waals surface area contributed by atoms with Crippen LogP contribution in [0.4, 0.5) is 0 Å². The first-order valence-electron chi connectivity index (χ1n) is 18.9. The Morgan fingerprint density at radius 1 is 0.804 bits per heavy atom. The van der Waals surface area contributed by atoms with Gasteiger partial charge in [0.05, 0.1) is 16.2 Å². The highest BCUT2D eigenvalue weighted by Crippen LogP contribution is 2.37. The summed E-state index contributed by atoms with van der Waals surface area (Å²) in [5, 5.41) is 1.92. The summed E-state index contributed by atoms with van der Waals surface area (Å²) in [6, 6.07) is 30.5. The molecule has 0 aromatic heterocycles. The largest absolute Gasteiger partial charge is 0.407 e. The van der Waals surface area contributed by atoms with Gasteiger partial charge in [-0.25, -0.2) is 8.42 Å². The van der Waals surface area contributed by atoms with Crippen molar-refractivity contribution in [2.75, 3.05) is 13.2 Å². The van der Waals surface area contributed by atoms with E-state index in [9.17, 15) is 8.42 Å². The average molecular weight is 727 g/mol. The van der Waals surface area contributed by atoms with Crippen LogP contribution in [0.3, 0.4) is 0 Å². The molecule has 6 heteroatoms. The summed E-state index contributed by atoms with van der Waals surface area (Å²) < 4.78 is 41.6. The fourth-order valence-corrected chi connectivity index (χ4v) is 13.8. The third-order valence-electron chi connectivity index (χ3n) is 10.3. The summed E-state index contributed by atoms with van der Waals surface area (Å²) in [4.78, 5) is 0.393. The molecule has 1 saturated heterocycles. The highest BCUT2D eigenvalue weighted by atomic mass is 32.2. The summed E-state index contributed by atoms with van der Waals surface area (Å²) in [5.41, 5.74) is 3.87. The van der Waals surface area contributed by atoms with Crippen LogP contribution in [0.1, 0.15) is 99.8 Å². The van der Waals surface area contributed by atoms with Gasteiger partial charge in [0, 0.05) is 13.2 Å². The number of ether oxygens (including phenoxy) is 1. The summed E-state index contributed by atoms with van der Waals surface area (Å²) in [5.74, 6) is 0.184. The van der Waals surface area contributed by atoms with Crippen molar-refractivity contribution in [3.63, 3.8) is 0 Å². The maximum Gasteiger partial charge on any atom is 0.261 e. The van der Waals surface area contributed by atoms with E-state index >= 15 is 0 Å². The van der Waals surface area contributed by atoms with Crippen LogP contribution in [0.5, 0.6) is 0 Å². The van der Waals surface area contributed by atoms with Gasteiger partial charge in [-0.1, -0.05) is 135 Å². The first kappa shape index (κ1) is 40.7. The van der Waals surface area contributed by atoms with Crippen LogP contribution in [0.15, 0.2) is 131 Å². The highest BCUT2D eigenvalue weighted by molar-refractivity contribution is 7.92. The van der Waals surface area contributed by atoms with Gasteiger partial charge in [0.1, 0.15) is 0 Å². The van der Waals surface area contributed by atoms with Crippen molar-refractivity contribution in [2.24, 2.45) is 5.92 Å². The third-order valence-corrected chi connectivity index (χ3v) is 17.4. The molecule has 0 bridgehead atoms. The van der Waals surface area contributed by atoms with Crippen LogP contribution < -0.4 is 10.4 Å². The van der Waals surface area contributed by atoms with Gasteiger partial charge in [0.25, 0.3) is 8.32 Å². The van der Waals surface area contributed by atoms with Crippen LogP contribution in [0, 0.1) is 5.92 Å². The molecular weight excluding hydrogens is 665 g/mol. The molecular formula is C45H62O4SSi. The van der Waals surface area contributed by atoms with E-state index in [-0.39, 0.29) is 17.1 Å². The SMILES string of the molecule is CC(C)=CCC/C(C)=C/CC/C(C)=C/C(C[C@@H]1CC[C@H](CCO[Si](c2ccccc2)(c2ccccc2)C(C)(C)C)OC1)S(=O)(=O)c1ccccc1. The number of hydrogen-bond acceptors (Lipinski definition) is 4. The van der Waals surface area contributed by atoms with Gasteiger partial charge < -0.3 is 9.16 Å². The van der Waals surface area contributed by atoms with E-state index in [4.69, 9.17) is 9.16 Å². The van der Waals surface area contributed by atoms with Crippen LogP contribution in [-0.4, -0.2) is 41.3 Å². The molecule has 0 spiro atoms. The van der Waals surface area contributed by atoms with Crippen molar-refractivity contribution in [1.82, 2.24) is 0 Å². The van der Waals surface area contributed by atoms with Crippen LogP contribution in [0.25, 0.3) is 0 Å². The van der Waals surface area contributed by atoms with E-state index in [1.54, 1.807) is 12.1 Å². The molecule has 0 N–H and O–H groups in total. The zero-order valence-electron chi connectivity index (χ0n) is 32.2. The van der Waals surface area contributed by atoms with Gasteiger partial charge in [0.2, 0.25) is 0 Å². The van der Waals surface area contributed by atoms with E-state index in [0.717, 1.165) is 50.5 Å². The molecule has 0 radical (unpaired) electrons. The van der Waals surface area contributed by atoms with Crippen molar-refractivity contribution < 1.29 is 17.6 Å². The second-order valence-electron chi connectivity index (χ2n) is 15.8. The minimum absolute atomic E-state index is 0.0698. The quantitative estimate of drug-likeness (QED) is 0.103. The minimum Gasteiger partial charge on any atom is -0.407 e. The number of allylic oxidation sites excluding steroid dienone is 5.